The number of aromatic hydroxyl groups is 1. The zero-order chi connectivity index (χ0) is 28.9. The Kier molecular flexibility index (Phi) is 12.5. The summed E-state index contributed by atoms with van der Waals surface area (Å²) in [7, 11) is 0. The van der Waals surface area contributed by atoms with E-state index in [1.165, 1.54) is 5.56 Å². The van der Waals surface area contributed by atoms with Crippen molar-refractivity contribution >= 4 is 18.1 Å². The molecule has 218 valence electrons. The first-order chi connectivity index (χ1) is 19.3. The number of amides is 2. The van der Waals surface area contributed by atoms with Gasteiger partial charge in [-0.15, -0.1) is 0 Å². The summed E-state index contributed by atoms with van der Waals surface area (Å²) in [6.45, 7) is 8.72. The van der Waals surface area contributed by atoms with Gasteiger partial charge >= 0.3 is 0 Å². The van der Waals surface area contributed by atoms with E-state index in [4.69, 9.17) is 9.47 Å². The summed E-state index contributed by atoms with van der Waals surface area (Å²) < 4.78 is 11.4. The van der Waals surface area contributed by atoms with E-state index in [9.17, 15) is 19.5 Å². The molecule has 2 amide bonds. The Labute approximate surface area is 238 Å². The van der Waals surface area contributed by atoms with E-state index in [2.05, 4.69) is 31.3 Å². The van der Waals surface area contributed by atoms with Crippen LogP contribution in [-0.2, 0) is 25.5 Å². The molecule has 1 saturated heterocycles. The number of piperidine rings is 1. The maximum absolute atomic E-state index is 12.6. The molecule has 1 aliphatic heterocycles. The number of phenols is 1. The van der Waals surface area contributed by atoms with Gasteiger partial charge in [0.05, 0.1) is 13.2 Å². The van der Waals surface area contributed by atoms with E-state index in [1.807, 2.05) is 17.9 Å². The van der Waals surface area contributed by atoms with Crippen molar-refractivity contribution in [1.29, 1.82) is 0 Å². The van der Waals surface area contributed by atoms with Crippen LogP contribution in [0, 0.1) is 26.7 Å². The van der Waals surface area contributed by atoms with Crippen molar-refractivity contribution in [3.8, 4) is 17.2 Å². The fraction of sp³-hybridized carbons (Fsp3) is 0.531. The molecular formula is C32H44N2O6. The molecule has 1 fully saturated rings. The van der Waals surface area contributed by atoms with Crippen molar-refractivity contribution in [2.75, 3.05) is 32.8 Å². The lowest BCUT2D eigenvalue weighted by Gasteiger charge is -2.32. The van der Waals surface area contributed by atoms with Crippen molar-refractivity contribution < 1.29 is 29.0 Å². The summed E-state index contributed by atoms with van der Waals surface area (Å²) in [6.07, 6.45) is 6.54. The zero-order valence-electron chi connectivity index (χ0n) is 24.2. The van der Waals surface area contributed by atoms with Crippen LogP contribution >= 0.6 is 0 Å². The van der Waals surface area contributed by atoms with Gasteiger partial charge in [0, 0.05) is 38.9 Å². The molecule has 0 radical (unpaired) electrons. The second-order valence-electron chi connectivity index (χ2n) is 10.7. The molecule has 0 atom stereocenters. The number of carbonyl (C=O) groups excluding carboxylic acids is 3. The van der Waals surface area contributed by atoms with E-state index in [-0.39, 0.29) is 17.6 Å². The van der Waals surface area contributed by atoms with Crippen LogP contribution in [0.4, 0.5) is 0 Å². The molecule has 0 bridgehead atoms. The number of hydrogen-bond acceptors (Lipinski definition) is 6. The number of hydrogen-bond donors (Lipinski definition) is 2. The third-order valence-corrected chi connectivity index (χ3v) is 7.46. The third-order valence-electron chi connectivity index (χ3n) is 7.46. The fourth-order valence-electron chi connectivity index (χ4n) is 5.14. The standard InChI is InChI=1S/C32H44N2O6/c1-23-22-28(10-11-29(23)36)40-32-24(2)20-27(21-25(32)3)9-8-26-12-15-34(16-13-26)31(38)7-4-6-30(37)33-14-19-39-18-5-17-35/h10-11,17,20-22,26,36H,4-9,12-16,18-19H2,1-3H3,(H,33,37). The van der Waals surface area contributed by atoms with Gasteiger partial charge in [0.1, 0.15) is 23.5 Å². The Hall–Kier alpha value is -3.39. The van der Waals surface area contributed by atoms with Gasteiger partial charge in [-0.25, -0.2) is 0 Å². The molecule has 0 unspecified atom stereocenters. The second-order valence-corrected chi connectivity index (χ2v) is 10.7. The highest BCUT2D eigenvalue weighted by Crippen LogP contribution is 2.33. The van der Waals surface area contributed by atoms with Crippen molar-refractivity contribution in [2.24, 2.45) is 5.92 Å². The second kappa shape index (κ2) is 16.0. The number of ether oxygens (including phenoxy) is 2. The molecule has 1 heterocycles. The number of rotatable bonds is 15. The van der Waals surface area contributed by atoms with Crippen molar-refractivity contribution in [2.45, 2.75) is 72.1 Å². The van der Waals surface area contributed by atoms with Crippen LogP contribution in [0.15, 0.2) is 30.3 Å². The topological polar surface area (TPSA) is 105 Å². The van der Waals surface area contributed by atoms with E-state index in [1.54, 1.807) is 12.1 Å². The predicted molar refractivity (Wildman–Crippen MR) is 155 cm³/mol. The number of phenolic OH excluding ortho intramolecular Hbond substituents is 1. The van der Waals surface area contributed by atoms with Gasteiger partial charge in [-0.2, -0.15) is 0 Å². The Morgan fingerprint density at radius 1 is 1.02 bits per heavy atom. The maximum Gasteiger partial charge on any atom is 0.222 e. The lowest BCUT2D eigenvalue weighted by atomic mass is 9.89. The Morgan fingerprint density at radius 3 is 2.42 bits per heavy atom. The summed E-state index contributed by atoms with van der Waals surface area (Å²) in [5, 5.41) is 12.5. The summed E-state index contributed by atoms with van der Waals surface area (Å²) in [6, 6.07) is 9.68. The van der Waals surface area contributed by atoms with Crippen LogP contribution in [-0.4, -0.2) is 61.0 Å². The van der Waals surface area contributed by atoms with Gasteiger partial charge < -0.3 is 29.6 Å². The highest BCUT2D eigenvalue weighted by molar-refractivity contribution is 5.79. The number of likely N-dealkylation sites (tertiary alicyclic amines) is 1. The minimum atomic E-state index is -0.0778. The molecule has 0 aliphatic carbocycles. The molecule has 8 nitrogen and oxygen atoms in total. The molecule has 2 aromatic carbocycles. The smallest absolute Gasteiger partial charge is 0.222 e. The number of nitrogens with one attached hydrogen (secondary N) is 1. The third kappa shape index (κ3) is 9.97. The molecule has 0 saturated carbocycles. The summed E-state index contributed by atoms with van der Waals surface area (Å²) in [5.41, 5.74) is 4.27. The van der Waals surface area contributed by atoms with Crippen LogP contribution in [0.2, 0.25) is 0 Å². The minimum absolute atomic E-state index is 0.0778. The quantitative estimate of drug-likeness (QED) is 0.233. The van der Waals surface area contributed by atoms with Gasteiger partial charge in [0.15, 0.2) is 0 Å². The maximum atomic E-state index is 12.6. The van der Waals surface area contributed by atoms with Crippen LogP contribution in [0.25, 0.3) is 0 Å². The van der Waals surface area contributed by atoms with Crippen molar-refractivity contribution in [3.63, 3.8) is 0 Å². The molecule has 2 aromatic rings. The van der Waals surface area contributed by atoms with Crippen LogP contribution in [0.1, 0.15) is 67.2 Å². The molecule has 1 aliphatic rings. The molecule has 8 heteroatoms. The molecule has 0 aromatic heterocycles. The van der Waals surface area contributed by atoms with E-state index >= 15 is 0 Å². The Morgan fingerprint density at radius 2 is 1.75 bits per heavy atom. The van der Waals surface area contributed by atoms with E-state index in [0.29, 0.717) is 57.1 Å². The van der Waals surface area contributed by atoms with Gasteiger partial charge in [-0.1, -0.05) is 12.1 Å². The van der Waals surface area contributed by atoms with Crippen molar-refractivity contribution in [1.82, 2.24) is 10.2 Å². The normalized spacial score (nSPS) is 13.7. The molecule has 0 spiro atoms. The number of carbonyl (C=O) groups is 3. The molecule has 3 rings (SSSR count). The van der Waals surface area contributed by atoms with Crippen LogP contribution < -0.4 is 10.1 Å². The average molecular weight is 553 g/mol. The van der Waals surface area contributed by atoms with Crippen LogP contribution in [0.3, 0.4) is 0 Å². The van der Waals surface area contributed by atoms with Gasteiger partial charge in [0.25, 0.3) is 0 Å². The number of aldehydes is 1. The van der Waals surface area contributed by atoms with E-state index in [0.717, 1.165) is 67.5 Å². The highest BCUT2D eigenvalue weighted by atomic mass is 16.5. The first kappa shape index (κ1) is 31.1. The molecule has 40 heavy (non-hydrogen) atoms. The van der Waals surface area contributed by atoms with Gasteiger partial charge in [-0.3, -0.25) is 9.59 Å². The average Bonchev–Trinajstić information content (AvgIpc) is 2.93. The molecular weight excluding hydrogens is 508 g/mol. The largest absolute Gasteiger partial charge is 0.508 e. The van der Waals surface area contributed by atoms with E-state index < -0.39 is 0 Å². The molecule has 2 N–H and O–H groups in total. The summed E-state index contributed by atoms with van der Waals surface area (Å²) in [5.74, 6) is 2.49. The lowest BCUT2D eigenvalue weighted by Crippen LogP contribution is -2.38. The minimum Gasteiger partial charge on any atom is -0.508 e. The number of nitrogens with zero attached hydrogens (tertiary/aromatic N) is 1. The fourth-order valence-corrected chi connectivity index (χ4v) is 5.14. The zero-order valence-corrected chi connectivity index (χ0v) is 24.2. The summed E-state index contributed by atoms with van der Waals surface area (Å²) >= 11 is 0. The first-order valence-electron chi connectivity index (χ1n) is 14.4. The first-order valence-corrected chi connectivity index (χ1v) is 14.4. The Bertz CT molecular complexity index is 1120. The van der Waals surface area contributed by atoms with Gasteiger partial charge in [0.2, 0.25) is 11.8 Å². The van der Waals surface area contributed by atoms with Gasteiger partial charge in [-0.05, 0) is 99.2 Å². The lowest BCUT2D eigenvalue weighted by molar-refractivity contribution is -0.132. The Balaban J connectivity index is 1.34. The van der Waals surface area contributed by atoms with Crippen LogP contribution in [0.5, 0.6) is 17.2 Å². The highest BCUT2D eigenvalue weighted by Gasteiger charge is 2.22. The SMILES string of the molecule is Cc1cc(Oc2c(C)cc(CCC3CCN(C(=O)CCCC(=O)NCCOCCC=O)CC3)cc2C)ccc1O. The number of benzene rings is 2. The number of aryl methyl sites for hydroxylation is 4. The predicted octanol–water partition coefficient (Wildman–Crippen LogP) is 5.17. The monoisotopic (exact) mass is 552 g/mol. The van der Waals surface area contributed by atoms with Crippen molar-refractivity contribution in [3.05, 3.63) is 52.6 Å². The summed E-state index contributed by atoms with van der Waals surface area (Å²) in [4.78, 5) is 36.7.